The molecule has 4 rings (SSSR count). The molecule has 0 spiro atoms. The van der Waals surface area contributed by atoms with Gasteiger partial charge >= 0.3 is 6.09 Å². The minimum Gasteiger partial charge on any atom is -0.497 e. The molecule has 0 aliphatic carbocycles. The number of rotatable bonds is 13. The Balaban J connectivity index is 1.58. The number of carbonyl (C=O) groups is 2. The van der Waals surface area contributed by atoms with Crippen molar-refractivity contribution in [1.82, 2.24) is 20.2 Å². The van der Waals surface area contributed by atoms with Crippen molar-refractivity contribution in [3.63, 3.8) is 0 Å². The molecule has 11 heteroatoms. The van der Waals surface area contributed by atoms with Crippen molar-refractivity contribution >= 4 is 29.3 Å². The average molecular weight is 627 g/mol. The van der Waals surface area contributed by atoms with E-state index in [2.05, 4.69) is 34.4 Å². The number of hydrogen-bond donors (Lipinski definition) is 2. The number of carbonyl (C=O) groups excluding carboxylic acids is 2. The fourth-order valence-electron chi connectivity index (χ4n) is 4.82. The first-order chi connectivity index (χ1) is 22.2. The molecule has 1 heterocycles. The molecule has 3 aromatic carbocycles. The zero-order valence-electron chi connectivity index (χ0n) is 27.5. The molecule has 46 heavy (non-hydrogen) atoms. The Labute approximate surface area is 270 Å². The van der Waals surface area contributed by atoms with Crippen LogP contribution in [0.1, 0.15) is 35.3 Å². The fraction of sp³-hybridized carbons (Fsp3) is 0.314. The highest BCUT2D eigenvalue weighted by molar-refractivity contribution is 5.94. The summed E-state index contributed by atoms with van der Waals surface area (Å²) >= 11 is 0. The number of aromatic nitrogens is 2. The van der Waals surface area contributed by atoms with Gasteiger partial charge in [0.1, 0.15) is 11.5 Å². The lowest BCUT2D eigenvalue weighted by atomic mass is 10.0. The third-order valence-electron chi connectivity index (χ3n) is 7.81. The molecule has 242 valence electrons. The van der Waals surface area contributed by atoms with E-state index in [9.17, 15) is 9.59 Å². The van der Waals surface area contributed by atoms with Crippen molar-refractivity contribution in [1.29, 1.82) is 0 Å². The number of benzene rings is 3. The summed E-state index contributed by atoms with van der Waals surface area (Å²) in [6.07, 6.45) is -0.681. The maximum atomic E-state index is 13.4. The first-order valence-electron chi connectivity index (χ1n) is 15.2. The second kappa shape index (κ2) is 15.7. The number of aryl methyl sites for hydroxylation is 1. The van der Waals surface area contributed by atoms with Crippen LogP contribution >= 0.6 is 0 Å². The Hall–Kier alpha value is -5.16. The van der Waals surface area contributed by atoms with Crippen LogP contribution in [0.25, 0.3) is 11.3 Å². The Morgan fingerprint density at radius 1 is 0.891 bits per heavy atom. The molecular weight excluding hydrogens is 584 g/mol. The van der Waals surface area contributed by atoms with Gasteiger partial charge in [-0.05, 0) is 74.5 Å². The minimum atomic E-state index is -0.681. The Morgan fingerprint density at radius 2 is 1.63 bits per heavy atom. The lowest BCUT2D eigenvalue weighted by molar-refractivity contribution is 0.0949. The summed E-state index contributed by atoms with van der Waals surface area (Å²) in [5.74, 6) is 1.17. The summed E-state index contributed by atoms with van der Waals surface area (Å²) in [5, 5.41) is 6.16. The van der Waals surface area contributed by atoms with E-state index in [0.29, 0.717) is 40.7 Å². The van der Waals surface area contributed by atoms with Crippen LogP contribution in [0, 0.1) is 13.8 Å². The first kappa shape index (κ1) is 33.7. The number of ether oxygens (including phenoxy) is 3. The number of likely N-dealkylation sites (N-methyl/N-ethyl adjacent to an activating group) is 1. The number of anilines is 3. The Kier molecular flexibility index (Phi) is 11.5. The Bertz CT molecular complexity index is 1660. The van der Waals surface area contributed by atoms with Gasteiger partial charge in [-0.3, -0.25) is 9.69 Å². The fourth-order valence-corrected chi connectivity index (χ4v) is 4.82. The summed E-state index contributed by atoms with van der Waals surface area (Å²) < 4.78 is 16.6. The maximum absolute atomic E-state index is 13.4. The number of methoxy groups -OCH3 is 2. The molecule has 0 unspecified atom stereocenters. The van der Waals surface area contributed by atoms with E-state index in [1.165, 1.54) is 12.0 Å². The van der Waals surface area contributed by atoms with Crippen LogP contribution < -0.4 is 29.7 Å². The summed E-state index contributed by atoms with van der Waals surface area (Å²) in [7, 11) is 4.65. The molecule has 0 aliphatic heterocycles. The standard InChI is InChI=1S/C35H42N6O5/c1-8-41(9-2)20-19-36-33(42)25-13-15-26(16-14-25)37-34-38-29(28-12-10-11-23(3)24(28)4)22-32(39-34)46-35(43)40(5)30-21-27(44-6)17-18-31(30)45-7/h10-18,21-22H,8-9,19-20H2,1-7H3,(H,36,42)(H,37,38,39). The topological polar surface area (TPSA) is 118 Å². The van der Waals surface area contributed by atoms with Gasteiger partial charge in [-0.25, -0.2) is 9.78 Å². The SMILES string of the molecule is CCN(CC)CCNC(=O)c1ccc(Nc2nc(OC(=O)N(C)c3cc(OC)ccc3OC)cc(-c3cccc(C)c3C)n2)cc1. The highest BCUT2D eigenvalue weighted by Gasteiger charge is 2.21. The van der Waals surface area contributed by atoms with Gasteiger partial charge in [0, 0.05) is 49.1 Å². The summed E-state index contributed by atoms with van der Waals surface area (Å²) in [6, 6.07) is 19.7. The van der Waals surface area contributed by atoms with E-state index < -0.39 is 6.09 Å². The van der Waals surface area contributed by atoms with E-state index in [-0.39, 0.29) is 17.7 Å². The third kappa shape index (κ3) is 8.30. The molecular formula is C35H42N6O5. The van der Waals surface area contributed by atoms with Crippen LogP contribution in [-0.4, -0.2) is 74.3 Å². The minimum absolute atomic E-state index is 0.0521. The van der Waals surface area contributed by atoms with Gasteiger partial charge < -0.3 is 29.7 Å². The predicted octanol–water partition coefficient (Wildman–Crippen LogP) is 6.23. The molecule has 1 aromatic heterocycles. The van der Waals surface area contributed by atoms with Crippen LogP contribution in [0.5, 0.6) is 17.4 Å². The van der Waals surface area contributed by atoms with Crippen molar-refractivity contribution in [2.24, 2.45) is 0 Å². The monoisotopic (exact) mass is 626 g/mol. The molecule has 0 aliphatic rings. The van der Waals surface area contributed by atoms with E-state index in [1.807, 2.05) is 32.0 Å². The summed E-state index contributed by atoms with van der Waals surface area (Å²) in [5.41, 5.74) is 5.26. The zero-order chi connectivity index (χ0) is 33.2. The molecule has 11 nitrogen and oxygen atoms in total. The summed E-state index contributed by atoms with van der Waals surface area (Å²) in [4.78, 5) is 38.8. The molecule has 0 fully saturated rings. The van der Waals surface area contributed by atoms with Gasteiger partial charge in [0.05, 0.1) is 25.6 Å². The largest absolute Gasteiger partial charge is 0.497 e. The normalized spacial score (nSPS) is 10.8. The van der Waals surface area contributed by atoms with Crippen molar-refractivity contribution in [2.75, 3.05) is 57.7 Å². The second-order valence-corrected chi connectivity index (χ2v) is 10.6. The van der Waals surface area contributed by atoms with Crippen LogP contribution in [0.3, 0.4) is 0 Å². The quantitative estimate of drug-likeness (QED) is 0.178. The molecule has 0 bridgehead atoms. The Morgan fingerprint density at radius 3 is 2.30 bits per heavy atom. The van der Waals surface area contributed by atoms with E-state index in [4.69, 9.17) is 19.2 Å². The molecule has 2 amide bonds. The smallest absolute Gasteiger partial charge is 0.420 e. The molecule has 4 aromatic rings. The van der Waals surface area contributed by atoms with Gasteiger partial charge in [-0.1, -0.05) is 32.0 Å². The van der Waals surface area contributed by atoms with Gasteiger partial charge in [-0.15, -0.1) is 0 Å². The van der Waals surface area contributed by atoms with Gasteiger partial charge in [0.2, 0.25) is 11.8 Å². The van der Waals surface area contributed by atoms with Crippen LogP contribution in [0.2, 0.25) is 0 Å². The number of nitrogens with zero attached hydrogens (tertiary/aromatic N) is 4. The van der Waals surface area contributed by atoms with Crippen molar-refractivity contribution < 1.29 is 23.8 Å². The van der Waals surface area contributed by atoms with Gasteiger partial charge in [0.25, 0.3) is 5.91 Å². The first-order valence-corrected chi connectivity index (χ1v) is 15.2. The van der Waals surface area contributed by atoms with E-state index in [1.54, 1.807) is 62.7 Å². The van der Waals surface area contributed by atoms with E-state index >= 15 is 0 Å². The molecule has 0 saturated carbocycles. The second-order valence-electron chi connectivity index (χ2n) is 10.6. The highest BCUT2D eigenvalue weighted by atomic mass is 16.6. The van der Waals surface area contributed by atoms with Gasteiger partial charge in [-0.2, -0.15) is 4.98 Å². The third-order valence-corrected chi connectivity index (χ3v) is 7.81. The van der Waals surface area contributed by atoms with E-state index in [0.717, 1.165) is 36.3 Å². The van der Waals surface area contributed by atoms with Crippen LogP contribution in [0.4, 0.5) is 22.1 Å². The van der Waals surface area contributed by atoms with Crippen LogP contribution in [-0.2, 0) is 0 Å². The molecule has 0 radical (unpaired) electrons. The molecule has 0 atom stereocenters. The lowest BCUT2D eigenvalue weighted by Gasteiger charge is -2.20. The average Bonchev–Trinajstić information content (AvgIpc) is 3.07. The molecule has 2 N–H and O–H groups in total. The lowest BCUT2D eigenvalue weighted by Crippen LogP contribution is -2.34. The highest BCUT2D eigenvalue weighted by Crippen LogP contribution is 2.33. The molecule has 0 saturated heterocycles. The van der Waals surface area contributed by atoms with Crippen LogP contribution in [0.15, 0.2) is 66.7 Å². The van der Waals surface area contributed by atoms with Gasteiger partial charge in [0.15, 0.2) is 0 Å². The van der Waals surface area contributed by atoms with Crippen molar-refractivity contribution in [3.8, 4) is 28.6 Å². The number of hydrogen-bond acceptors (Lipinski definition) is 9. The predicted molar refractivity (Wildman–Crippen MR) is 181 cm³/mol. The van der Waals surface area contributed by atoms with Crippen molar-refractivity contribution in [3.05, 3.63) is 83.4 Å². The summed E-state index contributed by atoms with van der Waals surface area (Å²) in [6.45, 7) is 11.5. The maximum Gasteiger partial charge on any atom is 0.420 e. The van der Waals surface area contributed by atoms with Crippen molar-refractivity contribution in [2.45, 2.75) is 27.7 Å². The number of amides is 2. The number of nitrogens with one attached hydrogen (secondary N) is 2. The zero-order valence-corrected chi connectivity index (χ0v) is 27.5.